The van der Waals surface area contributed by atoms with Crippen LogP contribution in [0.1, 0.15) is 76.0 Å². The summed E-state index contributed by atoms with van der Waals surface area (Å²) in [7, 11) is 0. The molecule has 0 atom stereocenters. The quantitative estimate of drug-likeness (QED) is 0.552. The summed E-state index contributed by atoms with van der Waals surface area (Å²) in [6, 6.07) is 0. The first-order valence-electron chi connectivity index (χ1n) is 11.5. The number of nitrogens with zero attached hydrogens (tertiary/aromatic N) is 2. The Hall–Kier alpha value is -1.83. The SMILES string of the molecule is CC1CCC(/C(=C/N)c2cnc(NCCC(F)(F)F)nc2CC2CCC(O)CC2)CC1. The summed E-state index contributed by atoms with van der Waals surface area (Å²) in [5.41, 5.74) is 8.89. The molecule has 0 saturated heterocycles. The van der Waals surface area contributed by atoms with Crippen LogP contribution in [0.25, 0.3) is 5.57 Å². The van der Waals surface area contributed by atoms with Crippen LogP contribution in [0.3, 0.4) is 0 Å². The maximum absolute atomic E-state index is 12.5. The number of halogens is 3. The second-order valence-electron chi connectivity index (χ2n) is 9.30. The zero-order chi connectivity index (χ0) is 22.4. The molecular formula is C23H35F3N4O. The number of nitrogens with one attached hydrogen (secondary N) is 1. The summed E-state index contributed by atoms with van der Waals surface area (Å²) < 4.78 is 37.5. The molecule has 2 saturated carbocycles. The van der Waals surface area contributed by atoms with Gasteiger partial charge in [-0.25, -0.2) is 9.97 Å². The summed E-state index contributed by atoms with van der Waals surface area (Å²) in [5.74, 6) is 1.71. The number of aliphatic hydroxyl groups excluding tert-OH is 1. The Bertz CT molecular complexity index is 737. The first-order chi connectivity index (χ1) is 14.7. The highest BCUT2D eigenvalue weighted by Gasteiger charge is 2.28. The van der Waals surface area contributed by atoms with Crippen LogP contribution in [0.15, 0.2) is 12.4 Å². The minimum Gasteiger partial charge on any atom is -0.404 e. The maximum atomic E-state index is 12.5. The fourth-order valence-electron chi connectivity index (χ4n) is 4.85. The second-order valence-corrected chi connectivity index (χ2v) is 9.30. The molecule has 174 valence electrons. The molecule has 0 amide bonds. The van der Waals surface area contributed by atoms with E-state index in [0.29, 0.717) is 11.8 Å². The van der Waals surface area contributed by atoms with E-state index in [1.165, 1.54) is 0 Å². The summed E-state index contributed by atoms with van der Waals surface area (Å²) in [5, 5.41) is 12.5. The fraction of sp³-hybridized carbons (Fsp3) is 0.739. The van der Waals surface area contributed by atoms with E-state index in [9.17, 15) is 18.3 Å². The Labute approximate surface area is 182 Å². The molecule has 3 rings (SSSR count). The number of hydrogen-bond donors (Lipinski definition) is 3. The number of hydrogen-bond acceptors (Lipinski definition) is 5. The number of allylic oxidation sites excluding steroid dienone is 1. The van der Waals surface area contributed by atoms with Gasteiger partial charge in [0.2, 0.25) is 5.95 Å². The minimum atomic E-state index is -4.22. The highest BCUT2D eigenvalue weighted by molar-refractivity contribution is 5.68. The lowest BCUT2D eigenvalue weighted by molar-refractivity contribution is -0.131. The lowest BCUT2D eigenvalue weighted by Crippen LogP contribution is -2.22. The Balaban J connectivity index is 1.80. The van der Waals surface area contributed by atoms with Crippen LogP contribution in [0.2, 0.25) is 0 Å². The van der Waals surface area contributed by atoms with Crippen molar-refractivity contribution in [1.29, 1.82) is 0 Å². The van der Waals surface area contributed by atoms with Crippen LogP contribution in [0.5, 0.6) is 0 Å². The van der Waals surface area contributed by atoms with Crippen molar-refractivity contribution in [2.24, 2.45) is 23.5 Å². The van der Waals surface area contributed by atoms with Crippen molar-refractivity contribution in [3.8, 4) is 0 Å². The highest BCUT2D eigenvalue weighted by atomic mass is 19.4. The van der Waals surface area contributed by atoms with Crippen LogP contribution >= 0.6 is 0 Å². The van der Waals surface area contributed by atoms with E-state index in [-0.39, 0.29) is 18.6 Å². The third kappa shape index (κ3) is 7.09. The number of anilines is 1. The Morgan fingerprint density at radius 3 is 2.45 bits per heavy atom. The van der Waals surface area contributed by atoms with Crippen molar-refractivity contribution >= 4 is 11.5 Å². The monoisotopic (exact) mass is 440 g/mol. The van der Waals surface area contributed by atoms with Gasteiger partial charge in [0.1, 0.15) is 0 Å². The predicted molar refractivity (Wildman–Crippen MR) is 116 cm³/mol. The molecule has 0 spiro atoms. The summed E-state index contributed by atoms with van der Waals surface area (Å²) >= 11 is 0. The van der Waals surface area contributed by atoms with E-state index in [1.54, 1.807) is 12.4 Å². The second kappa shape index (κ2) is 10.7. The van der Waals surface area contributed by atoms with E-state index in [4.69, 9.17) is 5.73 Å². The molecule has 2 aliphatic rings. The fourth-order valence-corrected chi connectivity index (χ4v) is 4.85. The van der Waals surface area contributed by atoms with Gasteiger partial charge < -0.3 is 16.2 Å². The van der Waals surface area contributed by atoms with Crippen LogP contribution < -0.4 is 11.1 Å². The molecular weight excluding hydrogens is 405 g/mol. The molecule has 5 nitrogen and oxygen atoms in total. The van der Waals surface area contributed by atoms with Gasteiger partial charge in [-0.1, -0.05) is 19.8 Å². The maximum Gasteiger partial charge on any atom is 0.390 e. The number of alkyl halides is 3. The van der Waals surface area contributed by atoms with Gasteiger partial charge in [0.25, 0.3) is 0 Å². The molecule has 2 fully saturated rings. The summed E-state index contributed by atoms with van der Waals surface area (Å²) in [6.45, 7) is 2.02. The number of aliphatic hydroxyl groups is 1. The molecule has 0 bridgehead atoms. The molecule has 0 radical (unpaired) electrons. The molecule has 31 heavy (non-hydrogen) atoms. The number of rotatable bonds is 7. The zero-order valence-electron chi connectivity index (χ0n) is 18.3. The minimum absolute atomic E-state index is 0.229. The van der Waals surface area contributed by atoms with Crippen molar-refractivity contribution in [3.05, 3.63) is 23.7 Å². The predicted octanol–water partition coefficient (Wildman–Crippen LogP) is 5.06. The van der Waals surface area contributed by atoms with Gasteiger partial charge in [-0.2, -0.15) is 13.2 Å². The van der Waals surface area contributed by atoms with Gasteiger partial charge >= 0.3 is 6.18 Å². The molecule has 0 aliphatic heterocycles. The summed E-state index contributed by atoms with van der Waals surface area (Å²) in [4.78, 5) is 8.95. The largest absolute Gasteiger partial charge is 0.404 e. The number of nitrogens with two attached hydrogens (primary N) is 1. The Morgan fingerprint density at radius 1 is 1.16 bits per heavy atom. The Kier molecular flexibility index (Phi) is 8.19. The van der Waals surface area contributed by atoms with E-state index in [1.807, 2.05) is 0 Å². The summed E-state index contributed by atoms with van der Waals surface area (Å²) in [6.07, 6.45) is 6.62. The molecule has 0 aromatic carbocycles. The standard InChI is InChI=1S/C23H35F3N4O/c1-15-2-6-17(7-3-15)19(13-27)20-14-29-22(28-11-10-23(24,25)26)30-21(20)12-16-4-8-18(31)9-5-16/h13-18,31H,2-12,27H2,1H3,(H,28,29,30)/b19-13-. The van der Waals surface area contributed by atoms with E-state index >= 15 is 0 Å². The molecule has 0 unspecified atom stereocenters. The van der Waals surface area contributed by atoms with Crippen molar-refractivity contribution in [2.75, 3.05) is 11.9 Å². The number of aromatic nitrogens is 2. The van der Waals surface area contributed by atoms with Gasteiger partial charge in [0, 0.05) is 18.3 Å². The van der Waals surface area contributed by atoms with E-state index in [2.05, 4.69) is 22.2 Å². The average Bonchev–Trinajstić information content (AvgIpc) is 2.72. The van der Waals surface area contributed by atoms with Crippen molar-refractivity contribution in [3.63, 3.8) is 0 Å². The lowest BCUT2D eigenvalue weighted by atomic mass is 9.76. The van der Waals surface area contributed by atoms with Crippen LogP contribution in [0.4, 0.5) is 19.1 Å². The highest BCUT2D eigenvalue weighted by Crippen LogP contribution is 2.39. The smallest absolute Gasteiger partial charge is 0.390 e. The molecule has 2 aliphatic carbocycles. The van der Waals surface area contributed by atoms with Gasteiger partial charge in [-0.15, -0.1) is 0 Å². The zero-order valence-corrected chi connectivity index (χ0v) is 18.3. The van der Waals surface area contributed by atoms with E-state index < -0.39 is 12.6 Å². The molecule has 1 aromatic heterocycles. The van der Waals surface area contributed by atoms with Crippen molar-refractivity contribution in [2.45, 2.75) is 83.4 Å². The third-order valence-electron chi connectivity index (χ3n) is 6.80. The van der Waals surface area contributed by atoms with E-state index in [0.717, 1.165) is 80.5 Å². The van der Waals surface area contributed by atoms with Gasteiger partial charge in [-0.05, 0) is 74.5 Å². The first-order valence-corrected chi connectivity index (χ1v) is 11.5. The molecule has 4 N–H and O–H groups in total. The van der Waals surface area contributed by atoms with Crippen LogP contribution in [-0.2, 0) is 6.42 Å². The Morgan fingerprint density at radius 2 is 1.84 bits per heavy atom. The molecule has 8 heteroatoms. The van der Waals surface area contributed by atoms with Gasteiger partial charge in [-0.3, -0.25) is 0 Å². The average molecular weight is 441 g/mol. The van der Waals surface area contributed by atoms with Gasteiger partial charge in [0.05, 0.1) is 18.2 Å². The van der Waals surface area contributed by atoms with Crippen molar-refractivity contribution in [1.82, 2.24) is 9.97 Å². The first kappa shape index (κ1) is 23.8. The molecule has 1 aromatic rings. The topological polar surface area (TPSA) is 84.1 Å². The third-order valence-corrected chi connectivity index (χ3v) is 6.80. The lowest BCUT2D eigenvalue weighted by Gasteiger charge is -2.30. The van der Waals surface area contributed by atoms with Crippen LogP contribution in [0, 0.1) is 17.8 Å². The van der Waals surface area contributed by atoms with Gasteiger partial charge in [0.15, 0.2) is 0 Å². The normalized spacial score (nSPS) is 27.8. The van der Waals surface area contributed by atoms with Crippen molar-refractivity contribution < 1.29 is 18.3 Å². The molecule has 1 heterocycles. The van der Waals surface area contributed by atoms with Crippen LogP contribution in [-0.4, -0.2) is 33.9 Å².